The largest absolute Gasteiger partial charge is 0.298 e. The second kappa shape index (κ2) is 10.3. The molecule has 4 rings (SSSR count). The highest BCUT2D eigenvalue weighted by atomic mass is 19.1. The summed E-state index contributed by atoms with van der Waals surface area (Å²) in [6.45, 7) is 4.54. The number of unbranched alkanes of at least 4 members (excludes halogenated alkanes) is 3. The second-order valence-corrected chi connectivity index (χ2v) is 12.2. The summed E-state index contributed by atoms with van der Waals surface area (Å²) in [5.41, 5.74) is -1.13. The molecule has 1 atom stereocenters. The van der Waals surface area contributed by atoms with Crippen molar-refractivity contribution in [1.82, 2.24) is 0 Å². The molecular formula is C29H49FO. The van der Waals surface area contributed by atoms with E-state index in [-0.39, 0.29) is 0 Å². The zero-order valence-corrected chi connectivity index (χ0v) is 20.6. The summed E-state index contributed by atoms with van der Waals surface area (Å²) in [4.78, 5) is 13.5. The van der Waals surface area contributed by atoms with Crippen LogP contribution in [0.25, 0.3) is 0 Å². The number of Topliss-reactive ketones (excluding diaryl/α,β-unsaturated/α-hetero) is 1. The molecule has 0 aromatic rings. The minimum absolute atomic E-state index is 0.361. The van der Waals surface area contributed by atoms with Gasteiger partial charge in [0.15, 0.2) is 5.78 Å². The fourth-order valence-electron chi connectivity index (χ4n) is 8.37. The Bertz CT molecular complexity index is 574. The molecule has 0 aromatic carbocycles. The van der Waals surface area contributed by atoms with Gasteiger partial charge in [0.2, 0.25) is 0 Å². The number of carbonyl (C=O) groups excluding carboxylic acids is 1. The zero-order chi connectivity index (χ0) is 21.9. The normalized spacial score (nSPS) is 43.3. The summed E-state index contributed by atoms with van der Waals surface area (Å²) in [7, 11) is 0. The van der Waals surface area contributed by atoms with Crippen LogP contribution < -0.4 is 0 Å². The maximum atomic E-state index is 15.8. The number of halogens is 1. The van der Waals surface area contributed by atoms with Crippen molar-refractivity contribution < 1.29 is 9.18 Å². The molecule has 0 radical (unpaired) electrons. The number of rotatable bonds is 8. The van der Waals surface area contributed by atoms with E-state index in [1.807, 2.05) is 0 Å². The van der Waals surface area contributed by atoms with Gasteiger partial charge in [-0.05, 0) is 87.9 Å². The SMILES string of the molecule is CCCCCC1CCC(C2CCC3(CC2)C(=O)C2(CCC(CCCC)CC2)[C@H]3F)CC1. The average Bonchev–Trinajstić information content (AvgIpc) is 2.83. The van der Waals surface area contributed by atoms with Crippen molar-refractivity contribution >= 4 is 5.78 Å². The summed E-state index contributed by atoms with van der Waals surface area (Å²) in [6, 6.07) is 0. The monoisotopic (exact) mass is 432 g/mol. The number of ketones is 1. The molecule has 2 spiro atoms. The number of hydrogen-bond acceptors (Lipinski definition) is 1. The minimum Gasteiger partial charge on any atom is -0.298 e. The first-order valence-corrected chi connectivity index (χ1v) is 14.2. The average molecular weight is 433 g/mol. The minimum atomic E-state index is -0.838. The molecule has 0 aliphatic heterocycles. The van der Waals surface area contributed by atoms with Gasteiger partial charge in [0, 0.05) is 0 Å². The molecule has 2 heteroatoms. The van der Waals surface area contributed by atoms with E-state index in [0.29, 0.717) is 5.78 Å². The molecule has 0 N–H and O–H groups in total. The topological polar surface area (TPSA) is 17.1 Å². The van der Waals surface area contributed by atoms with Gasteiger partial charge in [-0.3, -0.25) is 4.79 Å². The van der Waals surface area contributed by atoms with Crippen LogP contribution in [0.5, 0.6) is 0 Å². The van der Waals surface area contributed by atoms with E-state index in [9.17, 15) is 4.79 Å². The van der Waals surface area contributed by atoms with Crippen LogP contribution in [0.15, 0.2) is 0 Å². The molecule has 1 nitrogen and oxygen atoms in total. The van der Waals surface area contributed by atoms with Crippen molar-refractivity contribution in [2.45, 2.75) is 142 Å². The fourth-order valence-corrected chi connectivity index (χ4v) is 8.37. The van der Waals surface area contributed by atoms with Crippen molar-refractivity contribution in [2.75, 3.05) is 0 Å². The lowest BCUT2D eigenvalue weighted by Crippen LogP contribution is -2.69. The van der Waals surface area contributed by atoms with Gasteiger partial charge in [0.25, 0.3) is 0 Å². The first-order chi connectivity index (χ1) is 15.1. The molecular weight excluding hydrogens is 383 g/mol. The molecule has 4 aliphatic carbocycles. The van der Waals surface area contributed by atoms with Crippen LogP contribution in [0, 0.1) is 34.5 Å². The van der Waals surface area contributed by atoms with Crippen molar-refractivity contribution in [3.63, 3.8) is 0 Å². The molecule has 0 aromatic heterocycles. The molecule has 0 bridgehead atoms. The van der Waals surface area contributed by atoms with Crippen LogP contribution in [0.1, 0.15) is 136 Å². The lowest BCUT2D eigenvalue weighted by molar-refractivity contribution is -0.194. The summed E-state index contributed by atoms with van der Waals surface area (Å²) in [5.74, 6) is 3.70. The van der Waals surface area contributed by atoms with Gasteiger partial charge < -0.3 is 0 Å². The second-order valence-electron chi connectivity index (χ2n) is 12.2. The van der Waals surface area contributed by atoms with Crippen LogP contribution >= 0.6 is 0 Å². The smallest absolute Gasteiger partial charge is 0.151 e. The summed E-state index contributed by atoms with van der Waals surface area (Å²) in [6.07, 6.45) is 22.0. The van der Waals surface area contributed by atoms with E-state index >= 15 is 4.39 Å². The number of hydrogen-bond donors (Lipinski definition) is 0. The number of carbonyl (C=O) groups is 1. The molecule has 4 saturated carbocycles. The van der Waals surface area contributed by atoms with Crippen LogP contribution in [0.4, 0.5) is 4.39 Å². The molecule has 4 aliphatic rings. The van der Waals surface area contributed by atoms with Crippen LogP contribution in [0.2, 0.25) is 0 Å². The van der Waals surface area contributed by atoms with E-state index in [0.717, 1.165) is 75.0 Å². The fraction of sp³-hybridized carbons (Fsp3) is 0.966. The number of alkyl halides is 1. The maximum absolute atomic E-state index is 15.8. The van der Waals surface area contributed by atoms with Gasteiger partial charge in [-0.1, -0.05) is 71.6 Å². The predicted molar refractivity (Wildman–Crippen MR) is 128 cm³/mol. The Labute approximate surface area is 191 Å². The maximum Gasteiger partial charge on any atom is 0.151 e. The van der Waals surface area contributed by atoms with Crippen LogP contribution in [0.3, 0.4) is 0 Å². The highest BCUT2D eigenvalue weighted by Gasteiger charge is 2.71. The highest BCUT2D eigenvalue weighted by Crippen LogP contribution is 2.66. The Morgan fingerprint density at radius 3 is 1.71 bits per heavy atom. The summed E-state index contributed by atoms with van der Waals surface area (Å²) < 4.78 is 15.8. The van der Waals surface area contributed by atoms with Gasteiger partial charge in [0.05, 0.1) is 10.8 Å². The van der Waals surface area contributed by atoms with E-state index in [2.05, 4.69) is 13.8 Å². The van der Waals surface area contributed by atoms with Gasteiger partial charge in [-0.2, -0.15) is 0 Å². The Balaban J connectivity index is 1.23. The van der Waals surface area contributed by atoms with Gasteiger partial charge in [0.1, 0.15) is 6.17 Å². The van der Waals surface area contributed by atoms with Crippen molar-refractivity contribution in [3.8, 4) is 0 Å². The van der Waals surface area contributed by atoms with E-state index in [4.69, 9.17) is 0 Å². The Morgan fingerprint density at radius 2 is 1.16 bits per heavy atom. The third kappa shape index (κ3) is 4.52. The Kier molecular flexibility index (Phi) is 7.85. The van der Waals surface area contributed by atoms with Crippen molar-refractivity contribution in [1.29, 1.82) is 0 Å². The van der Waals surface area contributed by atoms with Crippen molar-refractivity contribution in [2.24, 2.45) is 34.5 Å². The lowest BCUT2D eigenvalue weighted by Gasteiger charge is -2.61. The van der Waals surface area contributed by atoms with E-state index < -0.39 is 17.0 Å². The third-order valence-electron chi connectivity index (χ3n) is 10.5. The van der Waals surface area contributed by atoms with Gasteiger partial charge in [-0.15, -0.1) is 0 Å². The van der Waals surface area contributed by atoms with Crippen molar-refractivity contribution in [3.05, 3.63) is 0 Å². The molecule has 31 heavy (non-hydrogen) atoms. The predicted octanol–water partition coefficient (Wildman–Crippen LogP) is 8.84. The van der Waals surface area contributed by atoms with Crippen LogP contribution in [-0.4, -0.2) is 12.0 Å². The molecule has 4 fully saturated rings. The van der Waals surface area contributed by atoms with Gasteiger partial charge in [-0.25, -0.2) is 4.39 Å². The lowest BCUT2D eigenvalue weighted by atomic mass is 9.41. The zero-order valence-electron chi connectivity index (χ0n) is 20.6. The first-order valence-electron chi connectivity index (χ1n) is 14.2. The third-order valence-corrected chi connectivity index (χ3v) is 10.5. The van der Waals surface area contributed by atoms with E-state index in [1.54, 1.807) is 0 Å². The highest BCUT2D eigenvalue weighted by molar-refractivity contribution is 5.98. The molecule has 0 heterocycles. The summed E-state index contributed by atoms with van der Waals surface area (Å²) >= 11 is 0. The Morgan fingerprint density at radius 1 is 0.677 bits per heavy atom. The first kappa shape index (κ1) is 23.7. The van der Waals surface area contributed by atoms with E-state index in [1.165, 1.54) is 70.6 Å². The molecule has 178 valence electrons. The molecule has 0 amide bonds. The summed E-state index contributed by atoms with van der Waals surface area (Å²) in [5, 5.41) is 0. The Hall–Kier alpha value is -0.400. The molecule has 0 saturated heterocycles. The molecule has 0 unspecified atom stereocenters. The van der Waals surface area contributed by atoms with Crippen LogP contribution in [-0.2, 0) is 4.79 Å². The standard InChI is InChI=1S/C29H49FO/c1-3-5-7-9-22-10-12-24(13-11-22)25-16-20-29(21-17-25)26(30)28(27(29)31)18-14-23(15-19-28)8-6-4-2/h22-26H,3-21H2,1-2H3/t22?,23?,24?,25?,26-,28?,29?/m1/s1. The van der Waals surface area contributed by atoms with Gasteiger partial charge >= 0.3 is 0 Å². The quantitative estimate of drug-likeness (QED) is 0.350.